The van der Waals surface area contributed by atoms with Crippen molar-refractivity contribution in [3.63, 3.8) is 0 Å². The van der Waals surface area contributed by atoms with Crippen LogP contribution < -0.4 is 4.90 Å². The summed E-state index contributed by atoms with van der Waals surface area (Å²) in [5.41, 5.74) is 0.985. The first kappa shape index (κ1) is 17.5. The van der Waals surface area contributed by atoms with E-state index in [2.05, 4.69) is 32.6 Å². The van der Waals surface area contributed by atoms with E-state index in [4.69, 9.17) is 4.74 Å². The molecule has 0 spiro atoms. The predicted octanol–water partition coefficient (Wildman–Crippen LogP) is 4.42. The molecule has 0 aliphatic rings. The van der Waals surface area contributed by atoms with Crippen LogP contribution in [0.25, 0.3) is 0 Å². The minimum Gasteiger partial charge on any atom is -0.464 e. The number of ether oxygens (including phenoxy) is 1. The molecule has 3 heteroatoms. The van der Waals surface area contributed by atoms with Crippen molar-refractivity contribution >= 4 is 11.7 Å². The Morgan fingerprint density at radius 3 is 2.38 bits per heavy atom. The van der Waals surface area contributed by atoms with E-state index in [1.165, 1.54) is 0 Å². The Labute approximate surface area is 129 Å². The molecule has 0 heterocycles. The normalized spacial score (nSPS) is 11.2. The Balaban J connectivity index is 2.68. The van der Waals surface area contributed by atoms with Gasteiger partial charge in [0.15, 0.2) is 0 Å². The number of para-hydroxylation sites is 1. The van der Waals surface area contributed by atoms with Crippen LogP contribution >= 0.6 is 0 Å². The summed E-state index contributed by atoms with van der Waals surface area (Å²) in [5, 5.41) is 0. The predicted molar refractivity (Wildman–Crippen MR) is 88.6 cm³/mol. The van der Waals surface area contributed by atoms with E-state index in [0.717, 1.165) is 31.4 Å². The number of hydrogen-bond acceptors (Lipinski definition) is 3. The highest BCUT2D eigenvalue weighted by Gasteiger charge is 2.27. The summed E-state index contributed by atoms with van der Waals surface area (Å²) in [5.74, 6) is -0.142. The average Bonchev–Trinajstić information content (AvgIpc) is 2.50. The lowest BCUT2D eigenvalue weighted by Crippen LogP contribution is -2.47. The number of rotatable bonds is 9. The van der Waals surface area contributed by atoms with Crippen LogP contribution in [0, 0.1) is 0 Å². The number of carbonyl (C=O) groups excluding carboxylic acids is 1. The third kappa shape index (κ3) is 5.78. The molecular weight excluding hydrogens is 262 g/mol. The van der Waals surface area contributed by atoms with Crippen LogP contribution in [0.4, 0.5) is 5.69 Å². The second-order valence-corrected chi connectivity index (χ2v) is 6.02. The lowest BCUT2D eigenvalue weighted by Gasteiger charge is -2.39. The van der Waals surface area contributed by atoms with Crippen molar-refractivity contribution in [2.45, 2.75) is 58.9 Å². The van der Waals surface area contributed by atoms with E-state index < -0.39 is 0 Å². The van der Waals surface area contributed by atoms with Gasteiger partial charge in [0, 0.05) is 11.2 Å². The van der Waals surface area contributed by atoms with Crippen LogP contribution in [0.2, 0.25) is 0 Å². The fourth-order valence-corrected chi connectivity index (χ4v) is 2.17. The van der Waals surface area contributed by atoms with Gasteiger partial charge in [-0.05, 0) is 38.8 Å². The van der Waals surface area contributed by atoms with Crippen LogP contribution in [0.5, 0.6) is 0 Å². The largest absolute Gasteiger partial charge is 0.464 e. The van der Waals surface area contributed by atoms with Crippen molar-refractivity contribution in [1.82, 2.24) is 0 Å². The number of carbonyl (C=O) groups is 1. The smallest absolute Gasteiger partial charge is 0.325 e. The number of nitrogens with zero attached hydrogens (tertiary/aromatic N) is 1. The van der Waals surface area contributed by atoms with Gasteiger partial charge in [0.2, 0.25) is 0 Å². The minimum absolute atomic E-state index is 0.0796. The van der Waals surface area contributed by atoms with E-state index in [1.54, 1.807) is 0 Å². The standard InChI is InChI=1S/C18H29NO2/c1-5-7-11-14-21-17(20)15-19(18(3,4)6-2)16-12-9-8-10-13-16/h8-10,12-13H,5-7,11,14-15H2,1-4H3. The van der Waals surface area contributed by atoms with E-state index >= 15 is 0 Å². The Kier molecular flexibility index (Phi) is 7.27. The molecule has 0 bridgehead atoms. The monoisotopic (exact) mass is 291 g/mol. The highest BCUT2D eigenvalue weighted by molar-refractivity contribution is 5.76. The van der Waals surface area contributed by atoms with Crippen LogP contribution in [-0.2, 0) is 9.53 Å². The van der Waals surface area contributed by atoms with Gasteiger partial charge in [-0.1, -0.05) is 44.9 Å². The van der Waals surface area contributed by atoms with Crippen molar-refractivity contribution in [3.8, 4) is 0 Å². The molecule has 0 aliphatic heterocycles. The molecule has 1 rings (SSSR count). The number of unbranched alkanes of at least 4 members (excludes halogenated alkanes) is 2. The lowest BCUT2D eigenvalue weighted by molar-refractivity contribution is -0.142. The zero-order valence-electron chi connectivity index (χ0n) is 13.9. The summed E-state index contributed by atoms with van der Waals surface area (Å²) in [6, 6.07) is 10.1. The molecule has 0 fully saturated rings. The average molecular weight is 291 g/mol. The first-order chi connectivity index (χ1) is 10.0. The molecule has 0 aliphatic carbocycles. The fourth-order valence-electron chi connectivity index (χ4n) is 2.17. The molecule has 0 saturated heterocycles. The Morgan fingerprint density at radius 2 is 1.81 bits per heavy atom. The Bertz CT molecular complexity index is 414. The highest BCUT2D eigenvalue weighted by atomic mass is 16.5. The summed E-state index contributed by atoms with van der Waals surface area (Å²) >= 11 is 0. The molecule has 0 radical (unpaired) electrons. The molecule has 1 aromatic rings. The van der Waals surface area contributed by atoms with Gasteiger partial charge in [0.05, 0.1) is 6.61 Å². The molecule has 0 amide bonds. The Hall–Kier alpha value is -1.51. The van der Waals surface area contributed by atoms with Crippen LogP contribution in [0.3, 0.4) is 0 Å². The van der Waals surface area contributed by atoms with Crippen molar-refractivity contribution in [1.29, 1.82) is 0 Å². The molecule has 118 valence electrons. The van der Waals surface area contributed by atoms with Crippen molar-refractivity contribution in [3.05, 3.63) is 30.3 Å². The SMILES string of the molecule is CCCCCOC(=O)CN(c1ccccc1)C(C)(C)CC. The van der Waals surface area contributed by atoms with Gasteiger partial charge in [0.1, 0.15) is 6.54 Å². The maximum absolute atomic E-state index is 12.1. The third-order valence-electron chi connectivity index (χ3n) is 3.96. The molecule has 21 heavy (non-hydrogen) atoms. The van der Waals surface area contributed by atoms with Gasteiger partial charge < -0.3 is 9.64 Å². The summed E-state index contributed by atoms with van der Waals surface area (Å²) in [6.45, 7) is 9.43. The number of hydrogen-bond donors (Lipinski definition) is 0. The third-order valence-corrected chi connectivity index (χ3v) is 3.96. The van der Waals surface area contributed by atoms with Gasteiger partial charge in [-0.3, -0.25) is 4.79 Å². The molecular formula is C18H29NO2. The molecule has 0 N–H and O–H groups in total. The van der Waals surface area contributed by atoms with Crippen molar-refractivity contribution < 1.29 is 9.53 Å². The van der Waals surface area contributed by atoms with E-state index in [-0.39, 0.29) is 11.5 Å². The topological polar surface area (TPSA) is 29.5 Å². The number of anilines is 1. The van der Waals surface area contributed by atoms with Crippen LogP contribution in [-0.4, -0.2) is 24.7 Å². The molecule has 0 atom stereocenters. The number of esters is 1. The summed E-state index contributed by atoms with van der Waals surface area (Å²) < 4.78 is 5.36. The van der Waals surface area contributed by atoms with Crippen LogP contribution in [0.15, 0.2) is 30.3 Å². The second-order valence-electron chi connectivity index (χ2n) is 6.02. The molecule has 3 nitrogen and oxygen atoms in total. The molecule has 1 aromatic carbocycles. The first-order valence-electron chi connectivity index (χ1n) is 7.99. The summed E-state index contributed by atoms with van der Waals surface area (Å²) in [4.78, 5) is 14.2. The van der Waals surface area contributed by atoms with E-state index in [1.807, 2.05) is 30.3 Å². The van der Waals surface area contributed by atoms with Gasteiger partial charge in [-0.2, -0.15) is 0 Å². The van der Waals surface area contributed by atoms with Gasteiger partial charge in [-0.15, -0.1) is 0 Å². The summed E-state index contributed by atoms with van der Waals surface area (Å²) in [6.07, 6.45) is 4.16. The fraction of sp³-hybridized carbons (Fsp3) is 0.611. The maximum atomic E-state index is 12.1. The van der Waals surface area contributed by atoms with E-state index in [9.17, 15) is 4.79 Å². The van der Waals surface area contributed by atoms with Gasteiger partial charge in [0.25, 0.3) is 0 Å². The first-order valence-corrected chi connectivity index (χ1v) is 7.99. The molecule has 0 saturated carbocycles. The highest BCUT2D eigenvalue weighted by Crippen LogP contribution is 2.26. The minimum atomic E-state index is -0.142. The summed E-state index contributed by atoms with van der Waals surface area (Å²) in [7, 11) is 0. The molecule has 0 unspecified atom stereocenters. The quantitative estimate of drug-likeness (QED) is 0.498. The van der Waals surface area contributed by atoms with Gasteiger partial charge in [-0.25, -0.2) is 0 Å². The number of benzene rings is 1. The second kappa shape index (κ2) is 8.71. The molecule has 0 aromatic heterocycles. The zero-order valence-corrected chi connectivity index (χ0v) is 13.9. The van der Waals surface area contributed by atoms with Crippen molar-refractivity contribution in [2.75, 3.05) is 18.1 Å². The van der Waals surface area contributed by atoms with Gasteiger partial charge >= 0.3 is 5.97 Å². The lowest BCUT2D eigenvalue weighted by atomic mass is 9.98. The maximum Gasteiger partial charge on any atom is 0.325 e. The Morgan fingerprint density at radius 1 is 1.14 bits per heavy atom. The van der Waals surface area contributed by atoms with E-state index in [0.29, 0.717) is 13.2 Å². The van der Waals surface area contributed by atoms with Crippen LogP contribution in [0.1, 0.15) is 53.4 Å². The zero-order chi connectivity index (χ0) is 15.7. The van der Waals surface area contributed by atoms with Crippen molar-refractivity contribution in [2.24, 2.45) is 0 Å².